The van der Waals surface area contributed by atoms with Crippen molar-refractivity contribution in [1.29, 1.82) is 0 Å². The Morgan fingerprint density at radius 1 is 1.26 bits per heavy atom. The molecule has 0 saturated carbocycles. The summed E-state index contributed by atoms with van der Waals surface area (Å²) in [4.78, 5) is 21.6. The highest BCUT2D eigenvalue weighted by Gasteiger charge is 2.14. The van der Waals surface area contributed by atoms with Gasteiger partial charge in [0.25, 0.3) is 5.78 Å². The molecule has 0 spiro atoms. The van der Waals surface area contributed by atoms with Gasteiger partial charge in [-0.15, -0.1) is 0 Å². The Bertz CT molecular complexity index is 682. The van der Waals surface area contributed by atoms with Crippen molar-refractivity contribution in [2.24, 2.45) is 0 Å². The predicted molar refractivity (Wildman–Crippen MR) is 70.9 cm³/mol. The van der Waals surface area contributed by atoms with Gasteiger partial charge in [0.1, 0.15) is 5.76 Å². The molecule has 5 nitrogen and oxygen atoms in total. The first-order valence-electron chi connectivity index (χ1n) is 5.80. The molecule has 0 amide bonds. The number of ketones is 1. The maximum absolute atomic E-state index is 11.1. The number of aliphatic hydroxyl groups is 1. The topological polar surface area (TPSA) is 79.5 Å². The lowest BCUT2D eigenvalue weighted by molar-refractivity contribution is -0.146. The first-order valence-corrected chi connectivity index (χ1v) is 5.80. The summed E-state index contributed by atoms with van der Waals surface area (Å²) in [6.07, 6.45) is 2.43. The van der Waals surface area contributed by atoms with E-state index in [0.29, 0.717) is 12.1 Å². The molecule has 0 saturated heterocycles. The average molecular weight is 259 g/mol. The number of nitrogens with zero attached hydrogens (tertiary/aromatic N) is 1. The molecule has 5 heteroatoms. The van der Waals surface area contributed by atoms with Crippen molar-refractivity contribution < 1.29 is 19.8 Å². The minimum Gasteiger partial charge on any atom is -0.507 e. The lowest BCUT2D eigenvalue weighted by atomic mass is 10.1. The normalized spacial score (nSPS) is 11.7. The van der Waals surface area contributed by atoms with Gasteiger partial charge in [-0.3, -0.25) is 4.79 Å². The second-order valence-electron chi connectivity index (χ2n) is 4.04. The van der Waals surface area contributed by atoms with Crippen LogP contribution in [-0.2, 0) is 16.1 Å². The van der Waals surface area contributed by atoms with E-state index in [-0.39, 0.29) is 5.76 Å². The third-order valence-electron chi connectivity index (χ3n) is 2.88. The summed E-state index contributed by atoms with van der Waals surface area (Å²) in [5.74, 6) is -3.08. The van der Waals surface area contributed by atoms with Crippen LogP contribution in [0.4, 0.5) is 0 Å². The van der Waals surface area contributed by atoms with E-state index in [2.05, 4.69) is 0 Å². The van der Waals surface area contributed by atoms with Crippen LogP contribution in [0.5, 0.6) is 0 Å². The van der Waals surface area contributed by atoms with Crippen LogP contribution in [0, 0.1) is 0 Å². The summed E-state index contributed by atoms with van der Waals surface area (Å²) in [7, 11) is 0. The zero-order chi connectivity index (χ0) is 14.0. The molecule has 0 atom stereocenters. The van der Waals surface area contributed by atoms with Gasteiger partial charge < -0.3 is 14.8 Å². The molecule has 0 unspecified atom stereocenters. The molecule has 0 bridgehead atoms. The highest BCUT2D eigenvalue weighted by molar-refractivity contribution is 6.38. The van der Waals surface area contributed by atoms with Crippen molar-refractivity contribution in [2.45, 2.75) is 13.5 Å². The van der Waals surface area contributed by atoms with E-state index in [1.807, 2.05) is 35.8 Å². The Morgan fingerprint density at radius 2 is 1.95 bits per heavy atom. The van der Waals surface area contributed by atoms with Crippen LogP contribution in [0.25, 0.3) is 16.7 Å². The van der Waals surface area contributed by atoms with E-state index in [9.17, 15) is 14.7 Å². The lowest BCUT2D eigenvalue weighted by Gasteiger charge is -1.98. The Morgan fingerprint density at radius 3 is 2.58 bits per heavy atom. The lowest BCUT2D eigenvalue weighted by Crippen LogP contribution is -2.09. The largest absolute Gasteiger partial charge is 0.507 e. The average Bonchev–Trinajstić information content (AvgIpc) is 2.77. The number of aliphatic carboxylic acids is 1. The predicted octanol–water partition coefficient (Wildman–Crippen LogP) is 2.21. The Balaban J connectivity index is 2.57. The van der Waals surface area contributed by atoms with Crippen LogP contribution < -0.4 is 0 Å². The van der Waals surface area contributed by atoms with Crippen LogP contribution in [-0.4, -0.2) is 26.5 Å². The summed E-state index contributed by atoms with van der Waals surface area (Å²) in [5.41, 5.74) is 1.37. The van der Waals surface area contributed by atoms with Crippen molar-refractivity contribution in [3.63, 3.8) is 0 Å². The van der Waals surface area contributed by atoms with E-state index in [4.69, 9.17) is 5.11 Å². The number of carbonyl (C=O) groups excluding carboxylic acids is 1. The molecule has 1 aromatic carbocycles. The zero-order valence-electron chi connectivity index (χ0n) is 10.3. The first-order chi connectivity index (χ1) is 9.04. The van der Waals surface area contributed by atoms with Crippen LogP contribution in [0.1, 0.15) is 12.5 Å². The minimum absolute atomic E-state index is 0.337. The summed E-state index contributed by atoms with van der Waals surface area (Å²) in [6.45, 7) is 2.67. The van der Waals surface area contributed by atoms with Gasteiger partial charge in [-0.05, 0) is 13.0 Å². The van der Waals surface area contributed by atoms with Crippen molar-refractivity contribution >= 4 is 28.4 Å². The molecule has 1 heterocycles. The van der Waals surface area contributed by atoms with Gasteiger partial charge in [0, 0.05) is 35.3 Å². The third kappa shape index (κ3) is 2.35. The minimum atomic E-state index is -1.59. The molecule has 0 aliphatic heterocycles. The Kier molecular flexibility index (Phi) is 3.37. The molecular weight excluding hydrogens is 246 g/mol. The van der Waals surface area contributed by atoms with Crippen LogP contribution in [0.15, 0.2) is 36.5 Å². The van der Waals surface area contributed by atoms with Crippen molar-refractivity contribution in [1.82, 2.24) is 4.57 Å². The quantitative estimate of drug-likeness (QED) is 0.501. The summed E-state index contributed by atoms with van der Waals surface area (Å²) in [5, 5.41) is 19.2. The SMILES string of the molecule is CCn1cc(C(O)=CC(=O)C(=O)O)c2ccccc21. The highest BCUT2D eigenvalue weighted by atomic mass is 16.4. The van der Waals surface area contributed by atoms with Crippen molar-refractivity contribution in [3.8, 4) is 0 Å². The number of aryl methyl sites for hydroxylation is 1. The molecule has 0 fully saturated rings. The van der Waals surface area contributed by atoms with Gasteiger partial charge in [-0.25, -0.2) is 4.79 Å². The van der Waals surface area contributed by atoms with Crippen molar-refractivity contribution in [3.05, 3.63) is 42.1 Å². The Labute approximate surface area is 109 Å². The van der Waals surface area contributed by atoms with Crippen molar-refractivity contribution in [2.75, 3.05) is 0 Å². The highest BCUT2D eigenvalue weighted by Crippen LogP contribution is 2.26. The maximum Gasteiger partial charge on any atom is 0.376 e. The summed E-state index contributed by atoms with van der Waals surface area (Å²) < 4.78 is 1.92. The second-order valence-corrected chi connectivity index (χ2v) is 4.04. The van der Waals surface area contributed by atoms with Gasteiger partial charge in [0.05, 0.1) is 0 Å². The Hall–Kier alpha value is -2.56. The number of hydrogen-bond acceptors (Lipinski definition) is 3. The van der Waals surface area contributed by atoms with E-state index in [0.717, 1.165) is 17.0 Å². The molecule has 19 heavy (non-hydrogen) atoms. The second kappa shape index (κ2) is 4.97. The van der Waals surface area contributed by atoms with Gasteiger partial charge in [-0.2, -0.15) is 0 Å². The van der Waals surface area contributed by atoms with Crippen LogP contribution in [0.2, 0.25) is 0 Å². The number of carboxylic acids is 1. The molecule has 0 radical (unpaired) electrons. The molecule has 2 rings (SSSR count). The number of fused-ring (bicyclic) bond motifs is 1. The van der Waals surface area contributed by atoms with Gasteiger partial charge in [-0.1, -0.05) is 18.2 Å². The molecule has 98 valence electrons. The fourth-order valence-electron chi connectivity index (χ4n) is 1.98. The smallest absolute Gasteiger partial charge is 0.376 e. The number of para-hydroxylation sites is 1. The third-order valence-corrected chi connectivity index (χ3v) is 2.88. The van der Waals surface area contributed by atoms with Gasteiger partial charge in [0.15, 0.2) is 0 Å². The molecule has 0 aliphatic rings. The number of carboxylic acid groups (broad SMARTS) is 1. The van der Waals surface area contributed by atoms with E-state index < -0.39 is 11.8 Å². The van der Waals surface area contributed by atoms with Gasteiger partial charge in [0.2, 0.25) is 0 Å². The fraction of sp³-hybridized carbons (Fsp3) is 0.143. The fourth-order valence-corrected chi connectivity index (χ4v) is 1.98. The monoisotopic (exact) mass is 259 g/mol. The molecule has 1 aromatic heterocycles. The van der Waals surface area contributed by atoms with Gasteiger partial charge >= 0.3 is 5.97 Å². The summed E-state index contributed by atoms with van der Waals surface area (Å²) >= 11 is 0. The molecule has 2 N–H and O–H groups in total. The zero-order valence-corrected chi connectivity index (χ0v) is 10.3. The number of benzene rings is 1. The first kappa shape index (κ1) is 12.9. The molecular formula is C14H13NO4. The summed E-state index contributed by atoms with van der Waals surface area (Å²) in [6, 6.07) is 7.40. The van der Waals surface area contributed by atoms with E-state index in [1.54, 1.807) is 6.20 Å². The standard InChI is InChI=1S/C14H13NO4/c1-2-15-8-10(9-5-3-4-6-11(9)15)12(16)7-13(17)14(18)19/h3-8,16H,2H2,1H3,(H,18,19). The molecule has 2 aromatic rings. The number of rotatable bonds is 4. The van der Waals surface area contributed by atoms with Crippen LogP contribution >= 0.6 is 0 Å². The number of aromatic nitrogens is 1. The van der Waals surface area contributed by atoms with E-state index in [1.165, 1.54) is 0 Å². The van der Waals surface area contributed by atoms with E-state index >= 15 is 0 Å². The van der Waals surface area contributed by atoms with Crippen LogP contribution in [0.3, 0.4) is 0 Å². The molecule has 0 aliphatic carbocycles. The number of aliphatic hydroxyl groups excluding tert-OH is 1. The number of carbonyl (C=O) groups is 2. The number of hydrogen-bond donors (Lipinski definition) is 2. The maximum atomic E-state index is 11.1.